The Morgan fingerprint density at radius 1 is 0.808 bits per heavy atom. The van der Waals surface area contributed by atoms with Crippen LogP contribution in [-0.4, -0.2) is 11.6 Å². The minimum Gasteiger partial charge on any atom is -0.483 e. The number of benzene rings is 3. The minimum atomic E-state index is -0.250. The van der Waals surface area contributed by atoms with Gasteiger partial charge in [0.15, 0.2) is 0 Å². The van der Waals surface area contributed by atoms with E-state index in [1.165, 1.54) is 49.7 Å². The first kappa shape index (κ1) is 19.5. The lowest BCUT2D eigenvalue weighted by Crippen LogP contribution is -2.00. The van der Waals surface area contributed by atoms with Gasteiger partial charge in [0.1, 0.15) is 0 Å². The normalized spacial score (nSPS) is 10.7. The summed E-state index contributed by atoms with van der Waals surface area (Å²) >= 11 is 0. The third kappa shape index (κ3) is 3.55. The number of rotatable bonds is 2. The van der Waals surface area contributed by atoms with Crippen LogP contribution in [0.4, 0.5) is 0 Å². The summed E-state index contributed by atoms with van der Waals surface area (Å²) < 4.78 is 0. The monoisotopic (exact) mass is 346 g/mol. The molecule has 0 spiro atoms. The van der Waals surface area contributed by atoms with Crippen molar-refractivity contribution < 1.29 is 9.90 Å². The molecule has 2 nitrogen and oxygen atoms in total. The molecule has 0 unspecified atom stereocenters. The highest BCUT2D eigenvalue weighted by atomic mass is 16.3. The van der Waals surface area contributed by atoms with E-state index < -0.39 is 0 Å². The summed E-state index contributed by atoms with van der Waals surface area (Å²) in [5, 5.41) is 9.51. The number of hydrogen-bond donors (Lipinski definition) is 1. The molecule has 0 heterocycles. The topological polar surface area (TPSA) is 37.3 Å². The summed E-state index contributed by atoms with van der Waals surface area (Å²) in [7, 11) is 0. The maximum Gasteiger partial charge on any atom is 0.290 e. The number of fused-ring (bicyclic) bond motifs is 1. The zero-order chi connectivity index (χ0) is 19.3. The van der Waals surface area contributed by atoms with Crippen LogP contribution >= 0.6 is 0 Å². The first-order valence-electron chi connectivity index (χ1n) is 8.76. The predicted octanol–water partition coefficient (Wildman–Crippen LogP) is 6.47. The molecule has 1 N–H and O–H groups in total. The Hall–Kier alpha value is -2.87. The molecular formula is C24H26O2. The van der Waals surface area contributed by atoms with Crippen molar-refractivity contribution in [2.75, 3.05) is 0 Å². The van der Waals surface area contributed by atoms with E-state index in [0.717, 1.165) is 0 Å². The van der Waals surface area contributed by atoms with Crippen LogP contribution in [0.5, 0.6) is 0 Å². The van der Waals surface area contributed by atoms with E-state index in [0.29, 0.717) is 0 Å². The van der Waals surface area contributed by atoms with Crippen molar-refractivity contribution in [3.63, 3.8) is 0 Å². The van der Waals surface area contributed by atoms with Gasteiger partial charge in [-0.1, -0.05) is 54.6 Å². The zero-order valence-electron chi connectivity index (χ0n) is 16.1. The van der Waals surface area contributed by atoms with Gasteiger partial charge >= 0.3 is 0 Å². The first-order valence-corrected chi connectivity index (χ1v) is 8.76. The summed E-state index contributed by atoms with van der Waals surface area (Å²) in [5.74, 6) is 0. The van der Waals surface area contributed by atoms with Crippen LogP contribution in [-0.2, 0) is 4.79 Å². The smallest absolute Gasteiger partial charge is 0.290 e. The molecule has 0 saturated carbocycles. The van der Waals surface area contributed by atoms with Crippen molar-refractivity contribution in [3.8, 4) is 11.1 Å². The van der Waals surface area contributed by atoms with Gasteiger partial charge in [-0.2, -0.15) is 0 Å². The van der Waals surface area contributed by atoms with Crippen molar-refractivity contribution >= 4 is 23.3 Å². The summed E-state index contributed by atoms with van der Waals surface area (Å²) in [6.45, 7) is 10.8. The molecule has 0 fully saturated rings. The molecule has 0 bridgehead atoms. The predicted molar refractivity (Wildman–Crippen MR) is 112 cm³/mol. The van der Waals surface area contributed by atoms with E-state index in [9.17, 15) is 0 Å². The number of allylic oxidation sites excluding steroid dienone is 1. The van der Waals surface area contributed by atoms with Crippen molar-refractivity contribution in [1.82, 2.24) is 0 Å². The average Bonchev–Trinajstić information content (AvgIpc) is 2.65. The Kier molecular flexibility index (Phi) is 6.35. The fourth-order valence-electron chi connectivity index (χ4n) is 3.51. The quantitative estimate of drug-likeness (QED) is 0.540. The van der Waals surface area contributed by atoms with Gasteiger partial charge < -0.3 is 5.11 Å². The number of hydrogen-bond acceptors (Lipinski definition) is 1. The lowest BCUT2D eigenvalue weighted by Gasteiger charge is -2.20. The molecule has 0 aliphatic heterocycles. The Labute approximate surface area is 155 Å². The molecule has 0 amide bonds. The standard InChI is InChI=1S/C23H24.CH2O2/c1-6-10-20-17(4)15(2)16(3)18(5)23(20)22-14-9-12-19-11-7-8-13-21(19)22;2-1-3/h6-14H,1-5H3;1H,(H,2,3). The summed E-state index contributed by atoms with van der Waals surface area (Å²) in [6, 6.07) is 15.3. The zero-order valence-corrected chi connectivity index (χ0v) is 16.1. The Morgan fingerprint density at radius 2 is 1.38 bits per heavy atom. The molecule has 0 saturated heterocycles. The third-order valence-electron chi connectivity index (χ3n) is 5.13. The van der Waals surface area contributed by atoms with Gasteiger partial charge in [-0.25, -0.2) is 0 Å². The van der Waals surface area contributed by atoms with Crippen LogP contribution in [0.3, 0.4) is 0 Å². The fourth-order valence-corrected chi connectivity index (χ4v) is 3.51. The molecule has 0 aliphatic rings. The highest BCUT2D eigenvalue weighted by Crippen LogP contribution is 2.38. The molecule has 3 aromatic carbocycles. The second kappa shape index (κ2) is 8.48. The van der Waals surface area contributed by atoms with Crippen LogP contribution in [0.15, 0.2) is 48.5 Å². The van der Waals surface area contributed by atoms with Crippen molar-refractivity contribution in [3.05, 3.63) is 76.4 Å². The summed E-state index contributed by atoms with van der Waals surface area (Å²) in [6.07, 6.45) is 4.40. The Bertz CT molecular complexity index is 960. The van der Waals surface area contributed by atoms with E-state index in [1.807, 2.05) is 0 Å². The van der Waals surface area contributed by atoms with Crippen LogP contribution in [0.2, 0.25) is 0 Å². The van der Waals surface area contributed by atoms with E-state index in [4.69, 9.17) is 9.90 Å². The Morgan fingerprint density at radius 3 is 2.04 bits per heavy atom. The van der Waals surface area contributed by atoms with Gasteiger partial charge in [0.2, 0.25) is 0 Å². The second-order valence-corrected chi connectivity index (χ2v) is 6.42. The van der Waals surface area contributed by atoms with Crippen LogP contribution in [0.25, 0.3) is 28.0 Å². The molecule has 0 aliphatic carbocycles. The molecule has 3 rings (SSSR count). The average molecular weight is 346 g/mol. The minimum absolute atomic E-state index is 0.250. The van der Waals surface area contributed by atoms with Crippen LogP contribution in [0, 0.1) is 27.7 Å². The van der Waals surface area contributed by atoms with Gasteiger partial charge in [-0.3, -0.25) is 4.79 Å². The van der Waals surface area contributed by atoms with E-state index in [1.54, 1.807) is 0 Å². The van der Waals surface area contributed by atoms with Crippen molar-refractivity contribution in [2.24, 2.45) is 0 Å². The summed E-state index contributed by atoms with van der Waals surface area (Å²) in [4.78, 5) is 8.36. The van der Waals surface area contributed by atoms with Gasteiger partial charge in [-0.05, 0) is 84.3 Å². The largest absolute Gasteiger partial charge is 0.483 e. The SMILES string of the molecule is CC=Cc1c(C)c(C)c(C)c(C)c1-c1cccc2ccccc12.O=CO. The third-order valence-corrected chi connectivity index (χ3v) is 5.13. The highest BCUT2D eigenvalue weighted by Gasteiger charge is 2.16. The van der Waals surface area contributed by atoms with Crippen LogP contribution in [0.1, 0.15) is 34.7 Å². The second-order valence-electron chi connectivity index (χ2n) is 6.42. The first-order chi connectivity index (χ1) is 12.5. The van der Waals surface area contributed by atoms with E-state index in [-0.39, 0.29) is 6.47 Å². The molecule has 0 radical (unpaired) electrons. The fraction of sp³-hybridized carbons (Fsp3) is 0.208. The molecule has 0 atom stereocenters. The Balaban J connectivity index is 0.000000758. The van der Waals surface area contributed by atoms with Crippen LogP contribution < -0.4 is 0 Å². The maximum absolute atomic E-state index is 8.36. The lowest BCUT2D eigenvalue weighted by molar-refractivity contribution is -0.122. The molecule has 0 aromatic heterocycles. The van der Waals surface area contributed by atoms with Gasteiger partial charge in [0, 0.05) is 0 Å². The molecular weight excluding hydrogens is 320 g/mol. The number of carbonyl (C=O) groups is 1. The van der Waals surface area contributed by atoms with E-state index >= 15 is 0 Å². The van der Waals surface area contributed by atoms with E-state index in [2.05, 4.69) is 89.2 Å². The molecule has 26 heavy (non-hydrogen) atoms. The van der Waals surface area contributed by atoms with Crippen molar-refractivity contribution in [1.29, 1.82) is 0 Å². The summed E-state index contributed by atoms with van der Waals surface area (Å²) in [5.41, 5.74) is 9.63. The number of carboxylic acid groups (broad SMARTS) is 1. The van der Waals surface area contributed by atoms with Gasteiger partial charge in [-0.15, -0.1) is 0 Å². The molecule has 3 aromatic rings. The van der Waals surface area contributed by atoms with Gasteiger partial charge in [0.25, 0.3) is 6.47 Å². The van der Waals surface area contributed by atoms with Crippen molar-refractivity contribution in [2.45, 2.75) is 34.6 Å². The molecule has 2 heteroatoms. The van der Waals surface area contributed by atoms with Gasteiger partial charge in [0.05, 0.1) is 0 Å². The lowest BCUT2D eigenvalue weighted by atomic mass is 9.84. The highest BCUT2D eigenvalue weighted by molar-refractivity contribution is 6.00. The molecule has 134 valence electrons. The maximum atomic E-state index is 8.36.